The fourth-order valence-corrected chi connectivity index (χ4v) is 4.32. The molecule has 3 aromatic rings. The molecule has 1 aromatic carbocycles. The molecule has 0 radical (unpaired) electrons. The lowest BCUT2D eigenvalue weighted by molar-refractivity contribution is 0.461. The quantitative estimate of drug-likeness (QED) is 0.411. The number of aryl methyl sites for hydroxylation is 1. The van der Waals surface area contributed by atoms with Crippen LogP contribution in [-0.4, -0.2) is 25.8 Å². The van der Waals surface area contributed by atoms with E-state index in [9.17, 15) is 4.39 Å². The van der Waals surface area contributed by atoms with Crippen molar-refractivity contribution < 1.29 is 4.39 Å². The Labute approximate surface area is 200 Å². The van der Waals surface area contributed by atoms with E-state index >= 15 is 0 Å². The Hall–Kier alpha value is -3.74. The Kier molecular flexibility index (Phi) is 7.86. The minimum absolute atomic E-state index is 0.211. The van der Waals surface area contributed by atoms with E-state index in [1.165, 1.54) is 25.3 Å². The first kappa shape index (κ1) is 23.4. The van der Waals surface area contributed by atoms with Crippen LogP contribution in [0.15, 0.2) is 80.1 Å². The largest absolute Gasteiger partial charge is 0.368 e. The van der Waals surface area contributed by atoms with E-state index in [0.717, 1.165) is 35.2 Å². The summed E-state index contributed by atoms with van der Waals surface area (Å²) in [6.45, 7) is 3.71. The van der Waals surface area contributed by atoms with Gasteiger partial charge in [0.1, 0.15) is 5.82 Å². The second kappa shape index (κ2) is 11.4. The van der Waals surface area contributed by atoms with Crippen LogP contribution >= 0.6 is 0 Å². The van der Waals surface area contributed by atoms with Gasteiger partial charge in [0.15, 0.2) is 0 Å². The minimum Gasteiger partial charge on any atom is -0.368 e. The molecule has 0 spiro atoms. The van der Waals surface area contributed by atoms with Crippen LogP contribution in [0, 0.1) is 5.82 Å². The van der Waals surface area contributed by atoms with Crippen molar-refractivity contribution in [2.45, 2.75) is 44.1 Å². The van der Waals surface area contributed by atoms with E-state index in [0.29, 0.717) is 12.0 Å². The lowest BCUT2D eigenvalue weighted by Gasteiger charge is -2.22. The van der Waals surface area contributed by atoms with Crippen molar-refractivity contribution in [3.8, 4) is 0 Å². The molecule has 1 aliphatic carbocycles. The summed E-state index contributed by atoms with van der Waals surface area (Å²) >= 11 is 0. The summed E-state index contributed by atoms with van der Waals surface area (Å²) in [5.74, 6) is 0.146. The van der Waals surface area contributed by atoms with Gasteiger partial charge in [0, 0.05) is 43.2 Å². The van der Waals surface area contributed by atoms with Crippen LogP contribution in [0.2, 0.25) is 0 Å². The molecule has 2 N–H and O–H groups in total. The smallest absolute Gasteiger partial charge is 0.223 e. The summed E-state index contributed by atoms with van der Waals surface area (Å²) in [5.41, 5.74) is 3.46. The van der Waals surface area contributed by atoms with Crippen LogP contribution < -0.4 is 10.6 Å². The fraction of sp³-hybridized carbons (Fsp3) is 0.296. The number of nitrogens with zero attached hydrogens (tertiary/aromatic N) is 4. The Morgan fingerprint density at radius 3 is 2.79 bits per heavy atom. The van der Waals surface area contributed by atoms with Crippen LogP contribution in [0.5, 0.6) is 0 Å². The van der Waals surface area contributed by atoms with Gasteiger partial charge in [-0.15, -0.1) is 0 Å². The van der Waals surface area contributed by atoms with E-state index in [1.54, 1.807) is 35.4 Å². The Morgan fingerprint density at radius 2 is 2.06 bits per heavy atom. The molecule has 2 aromatic heterocycles. The van der Waals surface area contributed by atoms with Crippen molar-refractivity contribution in [1.82, 2.24) is 25.1 Å². The normalized spacial score (nSPS) is 15.9. The highest BCUT2D eigenvalue weighted by Gasteiger charge is 2.18. The third kappa shape index (κ3) is 6.19. The predicted octanol–water partition coefficient (Wildman–Crippen LogP) is 5.56. The number of nitrogens with one attached hydrogen (secondary N) is 2. The summed E-state index contributed by atoms with van der Waals surface area (Å²) in [7, 11) is 1.87. The molecule has 34 heavy (non-hydrogen) atoms. The molecule has 1 saturated carbocycles. The first-order valence-electron chi connectivity index (χ1n) is 11.7. The highest BCUT2D eigenvalue weighted by atomic mass is 19.1. The van der Waals surface area contributed by atoms with Crippen molar-refractivity contribution in [3.05, 3.63) is 103 Å². The molecule has 0 saturated heterocycles. The summed E-state index contributed by atoms with van der Waals surface area (Å²) in [4.78, 5) is 9.27. The lowest BCUT2D eigenvalue weighted by atomic mass is 9.90. The Morgan fingerprint density at radius 1 is 1.21 bits per heavy atom. The van der Waals surface area contributed by atoms with Gasteiger partial charge in [-0.05, 0) is 54.5 Å². The second-order valence-corrected chi connectivity index (χ2v) is 8.55. The molecule has 176 valence electrons. The van der Waals surface area contributed by atoms with Gasteiger partial charge in [-0.3, -0.25) is 4.68 Å². The van der Waals surface area contributed by atoms with Crippen LogP contribution in [0.25, 0.3) is 5.57 Å². The van der Waals surface area contributed by atoms with Crippen molar-refractivity contribution in [2.24, 2.45) is 7.05 Å². The van der Waals surface area contributed by atoms with Gasteiger partial charge in [0.2, 0.25) is 5.95 Å². The molecule has 7 heteroatoms. The maximum Gasteiger partial charge on any atom is 0.223 e. The number of hydrogen-bond acceptors (Lipinski definition) is 5. The molecule has 4 rings (SSSR count). The van der Waals surface area contributed by atoms with Crippen molar-refractivity contribution >= 4 is 11.5 Å². The maximum atomic E-state index is 14.1. The number of allylic oxidation sites excluding steroid dienone is 3. The predicted molar refractivity (Wildman–Crippen MR) is 134 cm³/mol. The van der Waals surface area contributed by atoms with Gasteiger partial charge in [0.05, 0.1) is 11.9 Å². The fourth-order valence-electron chi connectivity index (χ4n) is 4.32. The minimum atomic E-state index is -0.272. The molecule has 1 unspecified atom stereocenters. The SMILES string of the molecule is C=CN/C=C\C(=C/C(c1cccc(F)c1)c1cnn(C)c1)c1ccnc(NC2CCCCC2)n1. The molecule has 0 aliphatic heterocycles. The zero-order valence-electron chi connectivity index (χ0n) is 19.5. The van der Waals surface area contributed by atoms with Crippen molar-refractivity contribution in [1.29, 1.82) is 0 Å². The number of anilines is 1. The summed E-state index contributed by atoms with van der Waals surface area (Å²) in [6, 6.07) is 8.97. The number of rotatable bonds is 9. The molecule has 6 nitrogen and oxygen atoms in total. The van der Waals surface area contributed by atoms with E-state index < -0.39 is 0 Å². The first-order valence-corrected chi connectivity index (χ1v) is 11.7. The molecule has 0 bridgehead atoms. The Balaban J connectivity index is 1.73. The van der Waals surface area contributed by atoms with Gasteiger partial charge < -0.3 is 10.6 Å². The highest BCUT2D eigenvalue weighted by Crippen LogP contribution is 2.30. The average Bonchev–Trinajstić information content (AvgIpc) is 3.28. The molecular weight excluding hydrogens is 427 g/mol. The van der Waals surface area contributed by atoms with Gasteiger partial charge in [-0.2, -0.15) is 5.10 Å². The summed E-state index contributed by atoms with van der Waals surface area (Å²) in [6.07, 6.45) is 19.0. The summed E-state index contributed by atoms with van der Waals surface area (Å²) in [5, 5.41) is 10.8. The van der Waals surface area contributed by atoms with Gasteiger partial charge in [0.25, 0.3) is 0 Å². The monoisotopic (exact) mass is 458 g/mol. The van der Waals surface area contributed by atoms with Gasteiger partial charge >= 0.3 is 0 Å². The lowest BCUT2D eigenvalue weighted by Crippen LogP contribution is -2.23. The molecule has 1 aliphatic rings. The van der Waals surface area contributed by atoms with Crippen LogP contribution in [-0.2, 0) is 7.05 Å². The van der Waals surface area contributed by atoms with Crippen molar-refractivity contribution in [2.75, 3.05) is 5.32 Å². The average molecular weight is 459 g/mol. The zero-order chi connectivity index (χ0) is 23.8. The third-order valence-corrected chi connectivity index (χ3v) is 6.00. The highest BCUT2D eigenvalue weighted by molar-refractivity contribution is 5.73. The van der Waals surface area contributed by atoms with Crippen LogP contribution in [0.1, 0.15) is 54.8 Å². The summed E-state index contributed by atoms with van der Waals surface area (Å²) < 4.78 is 15.9. The molecule has 0 amide bonds. The topological polar surface area (TPSA) is 67.7 Å². The van der Waals surface area contributed by atoms with Gasteiger partial charge in [-0.1, -0.05) is 44.1 Å². The number of hydrogen-bond donors (Lipinski definition) is 2. The number of benzene rings is 1. The third-order valence-electron chi connectivity index (χ3n) is 6.00. The van der Waals surface area contributed by atoms with Gasteiger partial charge in [-0.25, -0.2) is 14.4 Å². The second-order valence-electron chi connectivity index (χ2n) is 8.55. The van der Waals surface area contributed by atoms with E-state index in [-0.39, 0.29) is 11.7 Å². The standard InChI is InChI=1S/C27H31FN6/c1-3-29-14-12-21(26-13-15-30-27(33-26)32-24-10-5-4-6-11-24)17-25(22-18-31-34(2)19-22)20-8-7-9-23(28)16-20/h3,7-9,12-19,24-25,29H,1,4-6,10-11H2,2H3,(H,30,32,33)/b14-12-,21-17+. The van der Waals surface area contributed by atoms with Crippen LogP contribution in [0.4, 0.5) is 10.3 Å². The number of halogens is 1. The van der Waals surface area contributed by atoms with E-state index in [4.69, 9.17) is 4.98 Å². The zero-order valence-corrected chi connectivity index (χ0v) is 19.5. The maximum absolute atomic E-state index is 14.1. The Bertz CT molecular complexity index is 1160. The van der Waals surface area contributed by atoms with Crippen LogP contribution in [0.3, 0.4) is 0 Å². The van der Waals surface area contributed by atoms with E-state index in [1.807, 2.05) is 37.7 Å². The molecule has 1 atom stereocenters. The molecule has 2 heterocycles. The molecular formula is C27H31FN6. The number of aromatic nitrogens is 4. The van der Waals surface area contributed by atoms with Crippen molar-refractivity contribution in [3.63, 3.8) is 0 Å². The molecule has 1 fully saturated rings. The van der Waals surface area contributed by atoms with E-state index in [2.05, 4.69) is 33.4 Å². The first-order chi connectivity index (χ1) is 16.6.